The largest absolute Gasteiger partial charge is 0.497 e. The molecule has 0 bridgehead atoms. The monoisotopic (exact) mass is 607 g/mol. The molecule has 1 saturated heterocycles. The van der Waals surface area contributed by atoms with E-state index < -0.39 is 0 Å². The number of nitrogens with one attached hydrogen (secondary N) is 1. The fourth-order valence-electron chi connectivity index (χ4n) is 5.88. The number of nitrogens with zero attached hydrogens (tertiary/aromatic N) is 2. The maximum absolute atomic E-state index is 11.9. The summed E-state index contributed by atoms with van der Waals surface area (Å²) in [6.07, 6.45) is 8.11. The van der Waals surface area contributed by atoms with Gasteiger partial charge in [0.25, 0.3) is 0 Å². The quantitative estimate of drug-likeness (QED) is 0.155. The lowest BCUT2D eigenvalue weighted by atomic mass is 9.93. The van der Waals surface area contributed by atoms with Crippen LogP contribution in [-0.2, 0) is 11.2 Å². The number of fused-ring (bicyclic) bond motifs is 3. The van der Waals surface area contributed by atoms with E-state index in [4.69, 9.17) is 32.7 Å². The lowest BCUT2D eigenvalue weighted by Gasteiger charge is -2.33. The number of carbonyl (C=O) groups excluding carboxylic acids is 1. The second kappa shape index (κ2) is 14.8. The Labute approximate surface area is 258 Å². The molecule has 8 heteroatoms. The molecule has 222 valence electrons. The number of H-pyrrole nitrogens is 1. The summed E-state index contributed by atoms with van der Waals surface area (Å²) < 4.78 is 10.9. The Bertz CT molecular complexity index is 1430. The Morgan fingerprint density at radius 2 is 1.60 bits per heavy atom. The van der Waals surface area contributed by atoms with Gasteiger partial charge in [-0.1, -0.05) is 41.8 Å². The lowest BCUT2D eigenvalue weighted by molar-refractivity contribution is -0.120. The lowest BCUT2D eigenvalue weighted by Crippen LogP contribution is -2.34. The van der Waals surface area contributed by atoms with Gasteiger partial charge >= 0.3 is 0 Å². The molecule has 3 heterocycles. The first kappa shape index (κ1) is 30.3. The van der Waals surface area contributed by atoms with Gasteiger partial charge in [0.1, 0.15) is 11.5 Å². The second-order valence-electron chi connectivity index (χ2n) is 10.9. The summed E-state index contributed by atoms with van der Waals surface area (Å²) in [4.78, 5) is 19.9. The average molecular weight is 609 g/mol. The molecule has 3 aromatic carbocycles. The van der Waals surface area contributed by atoms with Gasteiger partial charge in [-0.15, -0.1) is 0 Å². The number of aromatic nitrogens is 1. The molecule has 1 fully saturated rings. The number of aromatic amines is 1. The van der Waals surface area contributed by atoms with Gasteiger partial charge in [0.05, 0.1) is 19.8 Å². The molecule has 0 spiro atoms. The number of ether oxygens (including phenoxy) is 2. The number of methoxy groups -OCH3 is 1. The number of piperidine rings is 1. The number of amides is 1. The van der Waals surface area contributed by atoms with Crippen LogP contribution < -0.4 is 9.47 Å². The van der Waals surface area contributed by atoms with Crippen LogP contribution in [0.15, 0.2) is 66.7 Å². The molecule has 1 unspecified atom stereocenters. The average Bonchev–Trinajstić information content (AvgIpc) is 3.40. The molecule has 0 radical (unpaired) electrons. The number of rotatable bonds is 9. The van der Waals surface area contributed by atoms with Gasteiger partial charge < -0.3 is 24.3 Å². The van der Waals surface area contributed by atoms with Crippen molar-refractivity contribution in [1.29, 1.82) is 0 Å². The summed E-state index contributed by atoms with van der Waals surface area (Å²) in [5.41, 5.74) is 4.48. The molecule has 1 amide bonds. The van der Waals surface area contributed by atoms with Crippen LogP contribution >= 0.6 is 23.2 Å². The first-order valence-corrected chi connectivity index (χ1v) is 15.6. The van der Waals surface area contributed by atoms with Crippen molar-refractivity contribution in [3.63, 3.8) is 0 Å². The first-order chi connectivity index (χ1) is 20.6. The van der Waals surface area contributed by atoms with Crippen LogP contribution in [0.4, 0.5) is 0 Å². The topological polar surface area (TPSA) is 57.8 Å². The van der Waals surface area contributed by atoms with Crippen LogP contribution in [0.3, 0.4) is 0 Å². The molecule has 1 aromatic heterocycles. The fourth-order valence-corrected chi connectivity index (χ4v) is 6.18. The Morgan fingerprint density at radius 1 is 0.881 bits per heavy atom. The summed E-state index contributed by atoms with van der Waals surface area (Å²) in [6, 6.07) is 21.2. The first-order valence-electron chi connectivity index (χ1n) is 14.8. The van der Waals surface area contributed by atoms with Crippen LogP contribution in [0.2, 0.25) is 10.0 Å². The maximum atomic E-state index is 11.9. The van der Waals surface area contributed by atoms with Gasteiger partial charge in [0.15, 0.2) is 0 Å². The van der Waals surface area contributed by atoms with Crippen molar-refractivity contribution in [3.8, 4) is 11.5 Å². The summed E-state index contributed by atoms with van der Waals surface area (Å²) in [7, 11) is 1.63. The van der Waals surface area contributed by atoms with Crippen LogP contribution in [0, 0.1) is 0 Å². The van der Waals surface area contributed by atoms with Gasteiger partial charge in [-0.25, -0.2) is 0 Å². The van der Waals surface area contributed by atoms with Gasteiger partial charge in [-0.05, 0) is 117 Å². The van der Waals surface area contributed by atoms with Crippen LogP contribution in [0.25, 0.3) is 10.9 Å². The Balaban J connectivity index is 0.000000336. The van der Waals surface area contributed by atoms with E-state index >= 15 is 0 Å². The van der Waals surface area contributed by atoms with E-state index in [1.54, 1.807) is 19.2 Å². The smallest absolute Gasteiger partial charge is 0.210 e. The van der Waals surface area contributed by atoms with Gasteiger partial charge in [-0.3, -0.25) is 4.79 Å². The number of hydrogen-bond donors (Lipinski definition) is 1. The molecule has 4 aromatic rings. The summed E-state index contributed by atoms with van der Waals surface area (Å²) in [5, 5.41) is 2.62. The fraction of sp³-hybridized carbons (Fsp3) is 0.382. The summed E-state index contributed by atoms with van der Waals surface area (Å²) >= 11 is 11.9. The molecule has 6 nitrogen and oxygen atoms in total. The predicted octanol–water partition coefficient (Wildman–Crippen LogP) is 7.92. The minimum Gasteiger partial charge on any atom is -0.497 e. The third-order valence-electron chi connectivity index (χ3n) is 8.09. The predicted molar refractivity (Wildman–Crippen MR) is 171 cm³/mol. The van der Waals surface area contributed by atoms with Crippen molar-refractivity contribution in [2.24, 2.45) is 0 Å². The zero-order valence-corrected chi connectivity index (χ0v) is 25.7. The zero-order valence-electron chi connectivity index (χ0n) is 24.2. The number of unbranched alkanes of at least 4 members (excludes halogenated alkanes) is 1. The zero-order chi connectivity index (χ0) is 29.3. The summed E-state index contributed by atoms with van der Waals surface area (Å²) in [5.74, 6) is 1.72. The van der Waals surface area contributed by atoms with E-state index in [9.17, 15) is 4.79 Å². The van der Waals surface area contributed by atoms with E-state index in [2.05, 4.69) is 22.0 Å². The van der Waals surface area contributed by atoms with Crippen molar-refractivity contribution in [2.45, 2.75) is 44.6 Å². The Morgan fingerprint density at radius 3 is 2.31 bits per heavy atom. The van der Waals surface area contributed by atoms with E-state index in [-0.39, 0.29) is 6.04 Å². The molecule has 1 atom stereocenters. The van der Waals surface area contributed by atoms with Crippen molar-refractivity contribution in [3.05, 3.63) is 93.6 Å². The van der Waals surface area contributed by atoms with E-state index in [1.807, 2.05) is 47.4 Å². The Hall–Kier alpha value is -3.19. The molecule has 6 rings (SSSR count). The number of halogens is 2. The highest BCUT2D eigenvalue weighted by Gasteiger charge is 2.31. The van der Waals surface area contributed by atoms with Gasteiger partial charge in [0.2, 0.25) is 6.41 Å². The third-order valence-corrected chi connectivity index (χ3v) is 8.58. The molecule has 42 heavy (non-hydrogen) atoms. The van der Waals surface area contributed by atoms with E-state index in [0.717, 1.165) is 69.6 Å². The van der Waals surface area contributed by atoms with Crippen molar-refractivity contribution >= 4 is 40.5 Å². The Kier molecular flexibility index (Phi) is 10.7. The molecule has 0 saturated carbocycles. The number of likely N-dealkylation sites (tertiary alicyclic amines) is 1. The molecule has 0 aliphatic carbocycles. The number of benzene rings is 3. The van der Waals surface area contributed by atoms with E-state index in [1.165, 1.54) is 50.9 Å². The van der Waals surface area contributed by atoms with Gasteiger partial charge in [-0.2, -0.15) is 0 Å². The molecular formula is C34H39Cl2N3O3. The van der Waals surface area contributed by atoms with Crippen LogP contribution in [0.5, 0.6) is 11.5 Å². The molecule has 2 aliphatic heterocycles. The highest BCUT2D eigenvalue weighted by atomic mass is 35.5. The van der Waals surface area contributed by atoms with Crippen molar-refractivity contribution in [1.82, 2.24) is 14.8 Å². The molecular weight excluding hydrogens is 569 g/mol. The van der Waals surface area contributed by atoms with Crippen molar-refractivity contribution in [2.75, 3.05) is 39.9 Å². The SMILES string of the molecule is COc1ccc(Cl)cc1.O=CN1CCc2c([nH]c3ccc(Cl)cc23)C1c1ccc(OCCCCN2CCCCC2)cc1. The highest BCUT2D eigenvalue weighted by molar-refractivity contribution is 6.31. The highest BCUT2D eigenvalue weighted by Crippen LogP contribution is 2.38. The summed E-state index contributed by atoms with van der Waals surface area (Å²) in [6.45, 7) is 5.13. The maximum Gasteiger partial charge on any atom is 0.210 e. The van der Waals surface area contributed by atoms with Crippen molar-refractivity contribution < 1.29 is 14.3 Å². The number of hydrogen-bond acceptors (Lipinski definition) is 4. The normalized spacial score (nSPS) is 16.8. The van der Waals surface area contributed by atoms with Crippen LogP contribution in [-0.4, -0.2) is 61.1 Å². The third kappa shape index (κ3) is 7.60. The molecule has 1 N–H and O–H groups in total. The van der Waals surface area contributed by atoms with E-state index in [0.29, 0.717) is 6.54 Å². The minimum absolute atomic E-state index is 0.129. The standard InChI is InChI=1S/C27H32ClN3O2.C7H7ClO/c28-21-8-11-25-24(18-21)23-12-16-31(19-32)27(26(23)29-25)20-6-9-22(10-7-20)33-17-5-4-15-30-13-2-1-3-14-30;1-9-7-4-2-6(8)3-5-7/h6-11,18-19,27,29H,1-5,12-17H2;2-5H,1H3. The van der Waals surface area contributed by atoms with Crippen LogP contribution in [0.1, 0.15) is 55.0 Å². The minimum atomic E-state index is -0.129. The molecule has 2 aliphatic rings. The number of carbonyl (C=O) groups is 1. The second-order valence-corrected chi connectivity index (χ2v) is 11.8. The van der Waals surface area contributed by atoms with Gasteiger partial charge in [0, 0.05) is 33.2 Å².